The zero-order valence-electron chi connectivity index (χ0n) is 32.1. The number of hydrogen-bond acceptors (Lipinski definition) is 9. The number of hydrogen-bond donors (Lipinski definition) is 2. The number of ether oxygens (including phenoxy) is 2. The molecule has 1 aromatic carbocycles. The molecule has 0 unspecified atom stereocenters. The van der Waals surface area contributed by atoms with Gasteiger partial charge in [0.1, 0.15) is 52.2 Å². The average Bonchev–Trinajstić information content (AvgIpc) is 4.01. The van der Waals surface area contributed by atoms with Crippen LogP contribution in [-0.4, -0.2) is 93.9 Å². The first-order valence-electron chi connectivity index (χ1n) is 19.2. The third-order valence-electron chi connectivity index (χ3n) is 11.5. The number of thiazole rings is 1. The van der Waals surface area contributed by atoms with Crippen molar-refractivity contribution < 1.29 is 28.7 Å². The number of pyridine rings is 1. The Morgan fingerprint density at radius 1 is 1.13 bits per heavy atom. The zero-order chi connectivity index (χ0) is 38.4. The molecule has 3 fully saturated rings. The van der Waals surface area contributed by atoms with E-state index < -0.39 is 35.2 Å². The fourth-order valence-electron chi connectivity index (χ4n) is 7.55. The van der Waals surface area contributed by atoms with E-state index in [1.54, 1.807) is 35.3 Å². The van der Waals surface area contributed by atoms with Crippen LogP contribution in [-0.2, 0) is 14.4 Å². The van der Waals surface area contributed by atoms with Crippen LogP contribution in [0.15, 0.2) is 35.7 Å². The normalized spacial score (nSPS) is 26.8. The Morgan fingerprint density at radius 3 is 2.65 bits per heavy atom. The second-order valence-corrected chi connectivity index (χ2v) is 17.2. The summed E-state index contributed by atoms with van der Waals surface area (Å²) < 4.78 is 12.5. The van der Waals surface area contributed by atoms with Gasteiger partial charge in [-0.2, -0.15) is 0 Å². The molecule has 7 rings (SSSR count). The molecule has 0 bridgehead atoms. The molecule has 4 amide bonds. The van der Waals surface area contributed by atoms with Gasteiger partial charge >= 0.3 is 6.03 Å². The maximum atomic E-state index is 14.6. The van der Waals surface area contributed by atoms with Crippen LogP contribution in [0.5, 0.6) is 11.5 Å². The largest absolute Gasteiger partial charge is 0.496 e. The van der Waals surface area contributed by atoms with Crippen molar-refractivity contribution in [3.63, 3.8) is 0 Å². The minimum atomic E-state index is -0.996. The molecule has 288 valence electrons. The van der Waals surface area contributed by atoms with Gasteiger partial charge in [0.25, 0.3) is 0 Å². The number of carbonyl (C=O) groups is 4. The van der Waals surface area contributed by atoms with Crippen LogP contribution in [0.1, 0.15) is 95.7 Å². The van der Waals surface area contributed by atoms with Crippen LogP contribution in [0.4, 0.5) is 4.79 Å². The van der Waals surface area contributed by atoms with Gasteiger partial charge < -0.3 is 34.7 Å². The second kappa shape index (κ2) is 15.0. The Hall–Kier alpha value is -4.52. The maximum absolute atomic E-state index is 14.6. The van der Waals surface area contributed by atoms with Crippen molar-refractivity contribution in [2.45, 2.75) is 121 Å². The summed E-state index contributed by atoms with van der Waals surface area (Å²) in [7, 11) is 3.34. The van der Waals surface area contributed by atoms with Crippen LogP contribution in [0.3, 0.4) is 0 Å². The first-order valence-corrected chi connectivity index (χ1v) is 20.1. The van der Waals surface area contributed by atoms with Gasteiger partial charge in [0.2, 0.25) is 11.8 Å². The number of aldehydes is 1. The van der Waals surface area contributed by atoms with E-state index in [2.05, 4.69) is 22.1 Å². The van der Waals surface area contributed by atoms with Gasteiger partial charge in [0.15, 0.2) is 0 Å². The smallest absolute Gasteiger partial charge is 0.318 e. The van der Waals surface area contributed by atoms with Gasteiger partial charge in [0, 0.05) is 53.2 Å². The molecule has 5 atom stereocenters. The molecule has 2 aromatic heterocycles. The van der Waals surface area contributed by atoms with Gasteiger partial charge in [-0.05, 0) is 78.4 Å². The number of nitrogens with zero attached hydrogens (tertiary/aromatic N) is 4. The van der Waals surface area contributed by atoms with Crippen LogP contribution in [0.25, 0.3) is 21.6 Å². The van der Waals surface area contributed by atoms with Gasteiger partial charge in [0.05, 0.1) is 24.9 Å². The van der Waals surface area contributed by atoms with Crippen molar-refractivity contribution in [1.29, 1.82) is 0 Å². The lowest BCUT2D eigenvalue weighted by molar-refractivity contribution is -0.140. The number of carbonyl (C=O) groups excluding carboxylic acids is 4. The molecule has 4 heterocycles. The van der Waals surface area contributed by atoms with Gasteiger partial charge in [-0.25, -0.2) is 14.8 Å². The number of fused-ring (bicyclic) bond motifs is 3. The number of aryl methyl sites for hydroxylation is 1. The van der Waals surface area contributed by atoms with Crippen molar-refractivity contribution in [2.75, 3.05) is 20.7 Å². The number of rotatable bonds is 7. The third-order valence-corrected chi connectivity index (χ3v) is 12.4. The number of methoxy groups -OCH3 is 1. The quantitative estimate of drug-likeness (QED) is 0.211. The fraction of sp³-hybridized carbons (Fsp3) is 0.561. The highest BCUT2D eigenvalue weighted by Gasteiger charge is 2.56. The Labute approximate surface area is 321 Å². The van der Waals surface area contributed by atoms with E-state index in [4.69, 9.17) is 19.4 Å². The summed E-state index contributed by atoms with van der Waals surface area (Å²) >= 11 is 1.56. The van der Waals surface area contributed by atoms with E-state index in [1.165, 1.54) is 0 Å². The lowest BCUT2D eigenvalue weighted by Crippen LogP contribution is -2.57. The summed E-state index contributed by atoms with van der Waals surface area (Å²) in [4.78, 5) is 67.8. The Morgan fingerprint density at radius 2 is 1.93 bits per heavy atom. The van der Waals surface area contributed by atoms with Crippen molar-refractivity contribution in [1.82, 2.24) is 30.4 Å². The van der Waals surface area contributed by atoms with E-state index in [-0.39, 0.29) is 30.8 Å². The van der Waals surface area contributed by atoms with Gasteiger partial charge in [-0.15, -0.1) is 11.3 Å². The molecule has 2 N–H and O–H groups in total. The monoisotopic (exact) mass is 756 g/mol. The molecule has 54 heavy (non-hydrogen) atoms. The standard InChI is InChI=1S/C41H52N6O6S/c1-24-33(52-6)17-16-28-34(19-30(42-35(24)28)37-43-31(22-54-37)25-14-15-25)53-27-18-32-36(49)45-41(23-48)20-26(41)12-10-8-7-9-11-13-29(38(50)47(32)21-27)44-39(51)46(5)40(2,3)4/h10,12,16-17,19,22-23,25-27,29,32H,7-9,11,13-15,18,20-21H2,1-6H3,(H,44,51)(H,45,49)/b12-10-/t26-,27+,29-,32-,41+/m0/s1. The molecule has 2 aliphatic heterocycles. The van der Waals surface area contributed by atoms with Crippen LogP contribution in [0.2, 0.25) is 0 Å². The summed E-state index contributed by atoms with van der Waals surface area (Å²) in [5, 5.41) is 9.70. The number of amides is 4. The van der Waals surface area contributed by atoms with Crippen molar-refractivity contribution in [2.24, 2.45) is 5.92 Å². The second-order valence-electron chi connectivity index (χ2n) is 16.4. The predicted octanol–water partition coefficient (Wildman–Crippen LogP) is 6.30. The molecular formula is C41H52N6O6S. The van der Waals surface area contributed by atoms with Crippen LogP contribution < -0.4 is 20.1 Å². The zero-order valence-corrected chi connectivity index (χ0v) is 33.0. The number of benzene rings is 1. The van der Waals surface area contributed by atoms with Crippen LogP contribution in [0, 0.1) is 12.8 Å². The van der Waals surface area contributed by atoms with E-state index in [0.717, 1.165) is 72.0 Å². The minimum absolute atomic E-state index is 0.0882. The summed E-state index contributed by atoms with van der Waals surface area (Å²) in [6.07, 6.45) is 11.2. The topological polar surface area (TPSA) is 143 Å². The maximum Gasteiger partial charge on any atom is 0.318 e. The Kier molecular flexibility index (Phi) is 10.5. The first kappa shape index (κ1) is 37.8. The summed E-state index contributed by atoms with van der Waals surface area (Å²) in [5.41, 5.74) is 1.88. The highest BCUT2D eigenvalue weighted by Crippen LogP contribution is 2.44. The average molecular weight is 757 g/mol. The lowest BCUT2D eigenvalue weighted by atomic mass is 10.0. The highest BCUT2D eigenvalue weighted by atomic mass is 32.1. The van der Waals surface area contributed by atoms with Crippen molar-refractivity contribution >= 4 is 46.4 Å². The molecule has 2 saturated carbocycles. The summed E-state index contributed by atoms with van der Waals surface area (Å²) in [6, 6.07) is 3.59. The van der Waals surface area contributed by atoms with Crippen molar-refractivity contribution in [3.8, 4) is 22.2 Å². The van der Waals surface area contributed by atoms with Gasteiger partial charge in [-0.3, -0.25) is 9.59 Å². The molecule has 13 heteroatoms. The number of allylic oxidation sites excluding steroid dienone is 1. The Balaban J connectivity index is 1.23. The summed E-state index contributed by atoms with van der Waals surface area (Å²) in [6.45, 7) is 7.88. The van der Waals surface area contributed by atoms with E-state index >= 15 is 0 Å². The lowest BCUT2D eigenvalue weighted by Gasteiger charge is -2.34. The predicted molar refractivity (Wildman–Crippen MR) is 208 cm³/mol. The molecule has 2 aliphatic carbocycles. The fourth-order valence-corrected chi connectivity index (χ4v) is 8.42. The molecular weight excluding hydrogens is 705 g/mol. The molecule has 4 aliphatic rings. The molecule has 3 aromatic rings. The summed E-state index contributed by atoms with van der Waals surface area (Å²) in [5.74, 6) is 0.943. The number of aromatic nitrogens is 2. The Bertz CT molecular complexity index is 1970. The van der Waals surface area contributed by atoms with E-state index in [1.807, 2.05) is 52.0 Å². The molecule has 12 nitrogen and oxygen atoms in total. The van der Waals surface area contributed by atoms with E-state index in [0.29, 0.717) is 36.0 Å². The molecule has 1 saturated heterocycles. The molecule has 0 spiro atoms. The third kappa shape index (κ3) is 7.69. The number of nitrogens with one attached hydrogen (secondary N) is 2. The van der Waals surface area contributed by atoms with Gasteiger partial charge in [-0.1, -0.05) is 25.0 Å². The minimum Gasteiger partial charge on any atom is -0.496 e. The molecule has 0 radical (unpaired) electrons. The van der Waals surface area contributed by atoms with E-state index in [9.17, 15) is 19.2 Å². The SMILES string of the molecule is COc1ccc2c(O[C@@H]3C[C@H]4C(=O)N[C@@]5(C=O)C[C@@H]5/C=C\CCCCC[C@H](NC(=O)N(C)C(C)(C)C)C(=O)N4C3)cc(-c3nc(C4CC4)cs3)nc2c1C. The van der Waals surface area contributed by atoms with Crippen LogP contribution >= 0.6 is 11.3 Å². The highest BCUT2D eigenvalue weighted by molar-refractivity contribution is 7.13. The number of urea groups is 1. The van der Waals surface area contributed by atoms with Crippen molar-refractivity contribution in [3.05, 3.63) is 47.0 Å². The first-order chi connectivity index (χ1) is 25.8.